The first kappa shape index (κ1) is 9.65. The van der Waals surface area contributed by atoms with Crippen LogP contribution in [-0.2, 0) is 7.05 Å². The van der Waals surface area contributed by atoms with E-state index in [2.05, 4.69) is 10.4 Å². The summed E-state index contributed by atoms with van der Waals surface area (Å²) < 4.78 is 15.1. The molecule has 0 spiro atoms. The summed E-state index contributed by atoms with van der Waals surface area (Å²) in [6.45, 7) is 1.98. The molecule has 3 unspecified atom stereocenters. The molecule has 14 heavy (non-hydrogen) atoms. The van der Waals surface area contributed by atoms with E-state index in [1.165, 1.54) is 0 Å². The summed E-state index contributed by atoms with van der Waals surface area (Å²) in [5, 5.41) is 7.28. The maximum atomic E-state index is 13.3. The van der Waals surface area contributed by atoms with Crippen molar-refractivity contribution in [2.45, 2.75) is 25.6 Å². The lowest BCUT2D eigenvalue weighted by Gasteiger charge is -2.23. The van der Waals surface area contributed by atoms with Crippen molar-refractivity contribution >= 4 is 0 Å². The predicted molar refractivity (Wildman–Crippen MR) is 52.6 cm³/mol. The summed E-state index contributed by atoms with van der Waals surface area (Å²) in [5.74, 6) is 0. The van der Waals surface area contributed by atoms with Crippen LogP contribution in [0.5, 0.6) is 0 Å². The minimum absolute atomic E-state index is 0.0602. The Hall–Kier alpha value is -0.900. The molecule has 1 aromatic rings. The molecule has 1 aliphatic rings. The molecule has 4 heteroatoms. The fourth-order valence-electron chi connectivity index (χ4n) is 2.11. The highest BCUT2D eigenvalue weighted by Crippen LogP contribution is 2.56. The van der Waals surface area contributed by atoms with Crippen molar-refractivity contribution in [3.05, 3.63) is 18.0 Å². The number of nitrogens with zero attached hydrogens (tertiary/aromatic N) is 2. The van der Waals surface area contributed by atoms with Crippen LogP contribution in [0.15, 0.2) is 12.3 Å². The Labute approximate surface area is 83.3 Å². The summed E-state index contributed by atoms with van der Waals surface area (Å²) in [5.41, 5.74) is 0.804. The van der Waals surface area contributed by atoms with Crippen molar-refractivity contribution in [3.8, 4) is 0 Å². The van der Waals surface area contributed by atoms with Crippen molar-refractivity contribution in [2.75, 3.05) is 7.05 Å². The van der Waals surface area contributed by atoms with E-state index in [0.29, 0.717) is 6.42 Å². The van der Waals surface area contributed by atoms with E-state index in [4.69, 9.17) is 0 Å². The molecule has 2 rings (SSSR count). The van der Waals surface area contributed by atoms with E-state index in [-0.39, 0.29) is 11.5 Å². The van der Waals surface area contributed by atoms with E-state index < -0.39 is 6.17 Å². The van der Waals surface area contributed by atoms with Crippen molar-refractivity contribution in [3.63, 3.8) is 0 Å². The average Bonchev–Trinajstić information content (AvgIpc) is 2.57. The first-order valence-corrected chi connectivity index (χ1v) is 4.89. The summed E-state index contributed by atoms with van der Waals surface area (Å²) in [4.78, 5) is 0. The monoisotopic (exact) mass is 197 g/mol. The highest BCUT2D eigenvalue weighted by atomic mass is 19.1. The van der Waals surface area contributed by atoms with Crippen LogP contribution in [0, 0.1) is 5.41 Å². The zero-order valence-electron chi connectivity index (χ0n) is 8.79. The molecular formula is C10H16FN3. The minimum Gasteiger partial charge on any atom is -0.311 e. The Morgan fingerprint density at radius 1 is 1.79 bits per heavy atom. The fourth-order valence-corrected chi connectivity index (χ4v) is 2.11. The molecule has 78 valence electrons. The van der Waals surface area contributed by atoms with Gasteiger partial charge in [-0.15, -0.1) is 0 Å². The van der Waals surface area contributed by atoms with Gasteiger partial charge in [0.25, 0.3) is 0 Å². The lowest BCUT2D eigenvalue weighted by atomic mass is 9.95. The zero-order chi connectivity index (χ0) is 10.3. The Bertz CT molecular complexity index is 336. The summed E-state index contributed by atoms with van der Waals surface area (Å²) in [6, 6.07) is 2.00. The van der Waals surface area contributed by atoms with Crippen LogP contribution in [0.1, 0.15) is 25.1 Å². The average molecular weight is 197 g/mol. The maximum Gasteiger partial charge on any atom is 0.108 e. The molecule has 1 aliphatic carbocycles. The quantitative estimate of drug-likeness (QED) is 0.794. The lowest BCUT2D eigenvalue weighted by molar-refractivity contribution is 0.294. The van der Waals surface area contributed by atoms with E-state index in [1.54, 1.807) is 10.9 Å². The van der Waals surface area contributed by atoms with Crippen molar-refractivity contribution in [1.29, 1.82) is 0 Å². The topological polar surface area (TPSA) is 29.9 Å². The lowest BCUT2D eigenvalue weighted by Crippen LogP contribution is -2.28. The first-order chi connectivity index (χ1) is 6.59. The van der Waals surface area contributed by atoms with Gasteiger partial charge in [0.15, 0.2) is 0 Å². The standard InChI is InChI=1S/C10H16FN3/c1-10(6-8(10)11)9(12-2)7-4-5-13-14(7)3/h4-5,8-9,12H,6H2,1-3H3. The van der Waals surface area contributed by atoms with Crippen molar-refractivity contribution in [2.24, 2.45) is 12.5 Å². The molecule has 1 aromatic heterocycles. The largest absolute Gasteiger partial charge is 0.311 e. The van der Waals surface area contributed by atoms with Crippen LogP contribution in [0.3, 0.4) is 0 Å². The van der Waals surface area contributed by atoms with Crippen LogP contribution in [0.4, 0.5) is 4.39 Å². The number of aromatic nitrogens is 2. The Morgan fingerprint density at radius 3 is 2.79 bits per heavy atom. The van der Waals surface area contributed by atoms with E-state index in [9.17, 15) is 4.39 Å². The minimum atomic E-state index is -0.685. The molecule has 1 heterocycles. The molecule has 0 aliphatic heterocycles. The molecule has 0 radical (unpaired) electrons. The summed E-state index contributed by atoms with van der Waals surface area (Å²) >= 11 is 0. The van der Waals surface area contributed by atoms with E-state index in [1.807, 2.05) is 27.1 Å². The normalized spacial score (nSPS) is 33.0. The molecule has 0 saturated heterocycles. The molecular weight excluding hydrogens is 181 g/mol. The fraction of sp³-hybridized carbons (Fsp3) is 0.700. The predicted octanol–water partition coefficient (Wildman–Crippen LogP) is 1.43. The Morgan fingerprint density at radius 2 is 2.43 bits per heavy atom. The third-order valence-electron chi connectivity index (χ3n) is 3.28. The third-order valence-corrected chi connectivity index (χ3v) is 3.28. The Balaban J connectivity index is 2.27. The van der Waals surface area contributed by atoms with Crippen molar-refractivity contribution < 1.29 is 4.39 Å². The Kier molecular flexibility index (Phi) is 2.10. The van der Waals surface area contributed by atoms with Gasteiger partial charge in [-0.25, -0.2) is 4.39 Å². The van der Waals surface area contributed by atoms with Crippen molar-refractivity contribution in [1.82, 2.24) is 15.1 Å². The summed E-state index contributed by atoms with van der Waals surface area (Å²) in [6.07, 6.45) is 1.71. The van der Waals surface area contributed by atoms with Crippen LogP contribution >= 0.6 is 0 Å². The van der Waals surface area contributed by atoms with Gasteiger partial charge < -0.3 is 5.32 Å². The van der Waals surface area contributed by atoms with Crippen LogP contribution < -0.4 is 5.32 Å². The molecule has 0 aromatic carbocycles. The van der Waals surface area contributed by atoms with Crippen LogP contribution in [0.25, 0.3) is 0 Å². The molecule has 1 saturated carbocycles. The van der Waals surface area contributed by atoms with Gasteiger partial charge >= 0.3 is 0 Å². The number of alkyl halides is 1. The van der Waals surface area contributed by atoms with E-state index >= 15 is 0 Å². The second-order valence-corrected chi connectivity index (χ2v) is 4.28. The maximum absolute atomic E-state index is 13.3. The van der Waals surface area contributed by atoms with Crippen LogP contribution in [-0.4, -0.2) is 23.0 Å². The van der Waals surface area contributed by atoms with Gasteiger partial charge in [-0.05, 0) is 19.5 Å². The number of hydrogen-bond donors (Lipinski definition) is 1. The smallest absolute Gasteiger partial charge is 0.108 e. The number of hydrogen-bond acceptors (Lipinski definition) is 2. The highest BCUT2D eigenvalue weighted by molar-refractivity contribution is 5.18. The van der Waals surface area contributed by atoms with Gasteiger partial charge in [0.1, 0.15) is 6.17 Å². The number of rotatable bonds is 3. The zero-order valence-corrected chi connectivity index (χ0v) is 8.79. The molecule has 0 bridgehead atoms. The summed E-state index contributed by atoms with van der Waals surface area (Å²) in [7, 11) is 3.76. The number of nitrogens with one attached hydrogen (secondary N) is 1. The number of halogens is 1. The SMILES string of the molecule is CNC(c1ccnn1C)C1(C)CC1F. The van der Waals surface area contributed by atoms with Crippen LogP contribution in [0.2, 0.25) is 0 Å². The van der Waals surface area contributed by atoms with Gasteiger partial charge in [-0.3, -0.25) is 4.68 Å². The molecule has 3 atom stereocenters. The second kappa shape index (κ2) is 3.05. The third kappa shape index (κ3) is 1.25. The van der Waals surface area contributed by atoms with Gasteiger partial charge in [0.2, 0.25) is 0 Å². The second-order valence-electron chi connectivity index (χ2n) is 4.28. The number of aryl methyl sites for hydroxylation is 1. The molecule has 3 nitrogen and oxygen atoms in total. The van der Waals surface area contributed by atoms with E-state index in [0.717, 1.165) is 5.69 Å². The van der Waals surface area contributed by atoms with Gasteiger partial charge in [-0.1, -0.05) is 6.92 Å². The van der Waals surface area contributed by atoms with Gasteiger partial charge in [0, 0.05) is 18.7 Å². The first-order valence-electron chi connectivity index (χ1n) is 4.89. The highest BCUT2D eigenvalue weighted by Gasteiger charge is 2.57. The van der Waals surface area contributed by atoms with Gasteiger partial charge in [-0.2, -0.15) is 5.10 Å². The molecule has 0 amide bonds. The van der Waals surface area contributed by atoms with Gasteiger partial charge in [0.05, 0.1) is 11.7 Å². The molecule has 1 fully saturated rings. The molecule has 1 N–H and O–H groups in total.